The van der Waals surface area contributed by atoms with Gasteiger partial charge in [-0.05, 0) is 70.6 Å². The van der Waals surface area contributed by atoms with Crippen LogP contribution in [-0.4, -0.2) is 23.6 Å². The fourth-order valence-electron chi connectivity index (χ4n) is 1.91. The summed E-state index contributed by atoms with van der Waals surface area (Å²) in [4.78, 5) is 22.8. The SMILES string of the molecule is N#C/C(=C/c1ccc(OCC(=O)O)c(I)c1)C(=O)Nc1ccc(Br)cc1. The molecule has 0 saturated carbocycles. The Morgan fingerprint density at radius 1 is 1.27 bits per heavy atom. The number of carbonyl (C=O) groups is 2. The van der Waals surface area contributed by atoms with E-state index in [0.29, 0.717) is 20.6 Å². The summed E-state index contributed by atoms with van der Waals surface area (Å²) < 4.78 is 6.70. The van der Waals surface area contributed by atoms with E-state index in [0.717, 1.165) is 4.47 Å². The highest BCUT2D eigenvalue weighted by molar-refractivity contribution is 14.1. The number of benzene rings is 2. The Morgan fingerprint density at radius 2 is 1.96 bits per heavy atom. The van der Waals surface area contributed by atoms with Crippen molar-refractivity contribution in [3.63, 3.8) is 0 Å². The zero-order valence-corrected chi connectivity index (χ0v) is 16.9. The molecule has 1 amide bonds. The molecule has 2 rings (SSSR count). The van der Waals surface area contributed by atoms with Gasteiger partial charge in [0, 0.05) is 10.2 Å². The largest absolute Gasteiger partial charge is 0.481 e. The Kier molecular flexibility index (Phi) is 7.17. The summed E-state index contributed by atoms with van der Waals surface area (Å²) in [6.07, 6.45) is 1.46. The van der Waals surface area contributed by atoms with Crippen LogP contribution in [-0.2, 0) is 9.59 Å². The maximum absolute atomic E-state index is 12.3. The van der Waals surface area contributed by atoms with E-state index in [1.165, 1.54) is 6.08 Å². The van der Waals surface area contributed by atoms with Crippen LogP contribution in [0.2, 0.25) is 0 Å². The zero-order valence-electron chi connectivity index (χ0n) is 13.2. The molecule has 2 aromatic carbocycles. The minimum absolute atomic E-state index is 0.0528. The van der Waals surface area contributed by atoms with Crippen LogP contribution in [0, 0.1) is 14.9 Å². The molecule has 0 aliphatic heterocycles. The van der Waals surface area contributed by atoms with Crippen LogP contribution in [0.25, 0.3) is 6.08 Å². The predicted octanol–water partition coefficient (Wildman–Crippen LogP) is 4.06. The summed E-state index contributed by atoms with van der Waals surface area (Å²) in [5, 5.41) is 20.6. The van der Waals surface area contributed by atoms with Gasteiger partial charge >= 0.3 is 5.97 Å². The minimum atomic E-state index is -1.07. The van der Waals surface area contributed by atoms with Crippen molar-refractivity contribution in [3.8, 4) is 11.8 Å². The summed E-state index contributed by atoms with van der Waals surface area (Å²) in [5.74, 6) is -1.17. The Labute approximate surface area is 171 Å². The first-order chi connectivity index (χ1) is 12.4. The number of nitriles is 1. The second-order valence-corrected chi connectivity index (χ2v) is 7.08. The van der Waals surface area contributed by atoms with Gasteiger partial charge in [0.05, 0.1) is 3.57 Å². The van der Waals surface area contributed by atoms with Crippen molar-refractivity contribution in [2.45, 2.75) is 0 Å². The molecule has 0 aliphatic rings. The fraction of sp³-hybridized carbons (Fsp3) is 0.0556. The lowest BCUT2D eigenvalue weighted by Gasteiger charge is -2.07. The van der Waals surface area contributed by atoms with Crippen LogP contribution in [0.1, 0.15) is 5.56 Å². The van der Waals surface area contributed by atoms with Crippen LogP contribution in [0.3, 0.4) is 0 Å². The van der Waals surface area contributed by atoms with Crippen molar-refractivity contribution in [2.75, 3.05) is 11.9 Å². The van der Waals surface area contributed by atoms with Gasteiger partial charge < -0.3 is 15.2 Å². The van der Waals surface area contributed by atoms with Crippen LogP contribution >= 0.6 is 38.5 Å². The summed E-state index contributed by atoms with van der Waals surface area (Å²) in [6.45, 7) is -0.440. The van der Waals surface area contributed by atoms with E-state index in [1.54, 1.807) is 42.5 Å². The monoisotopic (exact) mass is 526 g/mol. The lowest BCUT2D eigenvalue weighted by atomic mass is 10.1. The number of carbonyl (C=O) groups excluding carboxylic acids is 1. The van der Waals surface area contributed by atoms with Crippen molar-refractivity contribution in [1.82, 2.24) is 0 Å². The number of nitrogens with zero attached hydrogens (tertiary/aromatic N) is 1. The molecule has 6 nitrogen and oxygen atoms in total. The molecule has 0 unspecified atom stereocenters. The summed E-state index contributed by atoms with van der Waals surface area (Å²) in [6, 6.07) is 13.8. The summed E-state index contributed by atoms with van der Waals surface area (Å²) >= 11 is 5.31. The second-order valence-electron chi connectivity index (χ2n) is 5.00. The number of anilines is 1. The number of halogens is 2. The maximum atomic E-state index is 12.3. The number of carboxylic acid groups (broad SMARTS) is 1. The number of amides is 1. The number of carboxylic acids is 1. The molecule has 2 N–H and O–H groups in total. The number of hydrogen-bond acceptors (Lipinski definition) is 4. The molecule has 0 aliphatic carbocycles. The number of rotatable bonds is 6. The smallest absolute Gasteiger partial charge is 0.341 e. The molecular formula is C18H12BrIN2O4. The van der Waals surface area contributed by atoms with Gasteiger partial charge in [0.2, 0.25) is 0 Å². The first kappa shape index (κ1) is 19.9. The van der Waals surface area contributed by atoms with E-state index >= 15 is 0 Å². The Morgan fingerprint density at radius 3 is 2.54 bits per heavy atom. The van der Waals surface area contributed by atoms with Crippen LogP contribution in [0.4, 0.5) is 5.69 Å². The zero-order chi connectivity index (χ0) is 19.1. The minimum Gasteiger partial charge on any atom is -0.481 e. The molecule has 0 radical (unpaired) electrons. The lowest BCUT2D eigenvalue weighted by molar-refractivity contribution is -0.139. The van der Waals surface area contributed by atoms with E-state index in [9.17, 15) is 14.9 Å². The number of hydrogen-bond donors (Lipinski definition) is 2. The van der Waals surface area contributed by atoms with E-state index in [2.05, 4.69) is 21.2 Å². The van der Waals surface area contributed by atoms with Crippen molar-refractivity contribution >= 4 is 62.2 Å². The molecule has 8 heteroatoms. The van der Waals surface area contributed by atoms with E-state index in [-0.39, 0.29) is 5.57 Å². The van der Waals surface area contributed by atoms with Gasteiger partial charge in [-0.3, -0.25) is 4.79 Å². The van der Waals surface area contributed by atoms with Crippen molar-refractivity contribution < 1.29 is 19.4 Å². The van der Waals surface area contributed by atoms with E-state index in [4.69, 9.17) is 9.84 Å². The average molecular weight is 527 g/mol. The van der Waals surface area contributed by atoms with Gasteiger partial charge in [-0.15, -0.1) is 0 Å². The van der Waals surface area contributed by atoms with Gasteiger partial charge in [0.15, 0.2) is 6.61 Å². The molecule has 26 heavy (non-hydrogen) atoms. The van der Waals surface area contributed by atoms with Gasteiger partial charge in [0.1, 0.15) is 17.4 Å². The van der Waals surface area contributed by atoms with Crippen molar-refractivity contribution in [2.24, 2.45) is 0 Å². The first-order valence-electron chi connectivity index (χ1n) is 7.22. The van der Waals surface area contributed by atoms with Gasteiger partial charge in [0.25, 0.3) is 5.91 Å². The van der Waals surface area contributed by atoms with Crippen LogP contribution < -0.4 is 10.1 Å². The molecule has 0 fully saturated rings. The quantitative estimate of drug-likeness (QED) is 0.336. The predicted molar refractivity (Wildman–Crippen MR) is 109 cm³/mol. The summed E-state index contributed by atoms with van der Waals surface area (Å²) in [5.41, 5.74) is 1.15. The third-order valence-corrected chi connectivity index (χ3v) is 4.46. The standard InChI is InChI=1S/C18H12BrIN2O4/c19-13-2-4-14(5-3-13)22-18(25)12(9-21)7-11-1-6-16(15(20)8-11)26-10-17(23)24/h1-8H,10H2,(H,22,25)(H,23,24)/b12-7-. The highest BCUT2D eigenvalue weighted by atomic mass is 127. The highest BCUT2D eigenvalue weighted by Crippen LogP contribution is 2.23. The lowest BCUT2D eigenvalue weighted by Crippen LogP contribution is -2.13. The maximum Gasteiger partial charge on any atom is 0.341 e. The van der Waals surface area contributed by atoms with Crippen molar-refractivity contribution in [1.29, 1.82) is 5.26 Å². The van der Waals surface area contributed by atoms with E-state index < -0.39 is 18.5 Å². The second kappa shape index (κ2) is 9.35. The topological polar surface area (TPSA) is 99.4 Å². The Hall–Kier alpha value is -2.38. The average Bonchev–Trinajstić information content (AvgIpc) is 2.60. The normalized spacial score (nSPS) is 10.7. The molecule has 0 aromatic heterocycles. The van der Waals surface area contributed by atoms with Gasteiger partial charge in [-0.2, -0.15) is 5.26 Å². The van der Waals surface area contributed by atoms with Crippen molar-refractivity contribution in [3.05, 3.63) is 61.6 Å². The Bertz CT molecular complexity index is 904. The van der Waals surface area contributed by atoms with E-state index in [1.807, 2.05) is 28.7 Å². The summed E-state index contributed by atoms with van der Waals surface area (Å²) in [7, 11) is 0. The third-order valence-electron chi connectivity index (χ3n) is 3.09. The molecule has 132 valence electrons. The fourth-order valence-corrected chi connectivity index (χ4v) is 2.87. The molecule has 0 spiro atoms. The molecular weight excluding hydrogens is 515 g/mol. The third kappa shape index (κ3) is 5.86. The van der Waals surface area contributed by atoms with Crippen LogP contribution in [0.15, 0.2) is 52.5 Å². The molecule has 0 atom stereocenters. The van der Waals surface area contributed by atoms with Gasteiger partial charge in [-0.1, -0.05) is 22.0 Å². The molecule has 0 saturated heterocycles. The Balaban J connectivity index is 2.15. The first-order valence-corrected chi connectivity index (χ1v) is 9.09. The highest BCUT2D eigenvalue weighted by Gasteiger charge is 2.11. The molecule has 2 aromatic rings. The van der Waals surface area contributed by atoms with Crippen LogP contribution in [0.5, 0.6) is 5.75 Å². The number of ether oxygens (including phenoxy) is 1. The molecule has 0 heterocycles. The molecule has 0 bridgehead atoms. The number of aliphatic carboxylic acids is 1. The number of nitrogens with one attached hydrogen (secondary N) is 1. The van der Waals surface area contributed by atoms with Gasteiger partial charge in [-0.25, -0.2) is 4.79 Å².